The number of hydrogen-bond acceptors (Lipinski definition) is 7. The molecule has 0 unspecified atom stereocenters. The van der Waals surface area contributed by atoms with Gasteiger partial charge in [-0.1, -0.05) is 65.3 Å². The summed E-state index contributed by atoms with van der Waals surface area (Å²) in [4.78, 5) is 30.3. The van der Waals surface area contributed by atoms with Crippen molar-refractivity contribution < 1.29 is 18.0 Å². The molecule has 0 atom stereocenters. The van der Waals surface area contributed by atoms with Gasteiger partial charge in [-0.15, -0.1) is 0 Å². The van der Waals surface area contributed by atoms with Crippen LogP contribution < -0.4 is 14.7 Å². The maximum atomic E-state index is 13.2. The van der Waals surface area contributed by atoms with Crippen molar-refractivity contribution in [1.82, 2.24) is 14.9 Å². The Kier molecular flexibility index (Phi) is 9.81. The van der Waals surface area contributed by atoms with Gasteiger partial charge in [0.25, 0.3) is 5.91 Å². The van der Waals surface area contributed by atoms with E-state index in [2.05, 4.69) is 14.8 Å². The Balaban J connectivity index is 1.01. The van der Waals surface area contributed by atoms with Gasteiger partial charge in [0.05, 0.1) is 16.3 Å². The van der Waals surface area contributed by atoms with E-state index in [1.165, 1.54) is 23.9 Å². The Morgan fingerprint density at radius 2 is 1.43 bits per heavy atom. The molecular weight excluding hydrogens is 656 g/mol. The predicted octanol–water partition coefficient (Wildman–Crippen LogP) is 7.38. The third-order valence-electron chi connectivity index (χ3n) is 8.13. The van der Waals surface area contributed by atoms with E-state index in [9.17, 15) is 18.0 Å². The van der Waals surface area contributed by atoms with Crippen molar-refractivity contribution in [3.8, 4) is 0 Å². The molecule has 46 heavy (non-hydrogen) atoms. The highest BCUT2D eigenvalue weighted by Gasteiger charge is 2.31. The van der Waals surface area contributed by atoms with Crippen LogP contribution in [0.1, 0.15) is 21.5 Å². The molecule has 0 saturated carbocycles. The number of anilines is 3. The second kappa shape index (κ2) is 14.0. The van der Waals surface area contributed by atoms with Gasteiger partial charge in [0, 0.05) is 75.4 Å². The second-order valence-corrected chi connectivity index (χ2v) is 12.8. The molecular formula is C33H31Cl2F3N6OS. The zero-order valence-electron chi connectivity index (χ0n) is 24.8. The number of para-hydroxylation sites is 1. The fraction of sp³-hybridized carbons (Fsp3) is 0.303. The smallest absolute Gasteiger partial charge is 0.368 e. The highest BCUT2D eigenvalue weighted by atomic mass is 35.5. The topological polar surface area (TPSA) is 55.8 Å². The van der Waals surface area contributed by atoms with Crippen LogP contribution in [0.25, 0.3) is 0 Å². The number of aromatic nitrogens is 2. The van der Waals surface area contributed by atoms with E-state index in [0.29, 0.717) is 77.4 Å². The van der Waals surface area contributed by atoms with Crippen molar-refractivity contribution in [1.29, 1.82) is 0 Å². The molecule has 7 nitrogen and oxygen atoms in total. The first-order valence-electron chi connectivity index (χ1n) is 14.9. The lowest BCUT2D eigenvalue weighted by atomic mass is 10.1. The van der Waals surface area contributed by atoms with E-state index in [4.69, 9.17) is 28.2 Å². The standard InChI is InChI=1S/C33H31Cl2F3N6OS/c34-27-6-1-2-7-28(27)42-14-18-44(19-15-42)31(45)24-10-8-23(9-11-24)22-46-32-39-29(35)21-30(40-32)43-16-12-41(13-17-43)26-5-3-4-25(20-26)33(36,37)38/h1-11,20-21H,12-19,22H2. The number of nitrogens with zero attached hydrogens (tertiary/aromatic N) is 6. The lowest BCUT2D eigenvalue weighted by molar-refractivity contribution is -0.137. The summed E-state index contributed by atoms with van der Waals surface area (Å²) in [6, 6.07) is 22.5. The largest absolute Gasteiger partial charge is 0.416 e. The lowest BCUT2D eigenvalue weighted by Crippen LogP contribution is -2.48. The van der Waals surface area contributed by atoms with E-state index in [-0.39, 0.29) is 5.91 Å². The number of benzene rings is 3. The van der Waals surface area contributed by atoms with Crippen LogP contribution in [-0.2, 0) is 11.9 Å². The van der Waals surface area contributed by atoms with Crippen LogP contribution in [0.5, 0.6) is 0 Å². The minimum atomic E-state index is -4.38. The van der Waals surface area contributed by atoms with Crippen LogP contribution in [0.2, 0.25) is 10.2 Å². The minimum Gasteiger partial charge on any atom is -0.368 e. The molecule has 0 N–H and O–H groups in total. The molecule has 0 spiro atoms. The fourth-order valence-corrected chi connectivity index (χ4v) is 6.91. The molecule has 1 amide bonds. The van der Waals surface area contributed by atoms with Crippen LogP contribution in [-0.4, -0.2) is 73.1 Å². The first kappa shape index (κ1) is 32.3. The van der Waals surface area contributed by atoms with Gasteiger partial charge in [-0.05, 0) is 48.0 Å². The van der Waals surface area contributed by atoms with Crippen LogP contribution in [0, 0.1) is 0 Å². The zero-order chi connectivity index (χ0) is 32.3. The zero-order valence-corrected chi connectivity index (χ0v) is 27.1. The number of thioether (sulfide) groups is 1. The maximum Gasteiger partial charge on any atom is 0.416 e. The van der Waals surface area contributed by atoms with Gasteiger partial charge in [-0.3, -0.25) is 4.79 Å². The second-order valence-electron chi connectivity index (χ2n) is 11.1. The van der Waals surface area contributed by atoms with Crippen LogP contribution in [0.15, 0.2) is 84.0 Å². The number of carbonyl (C=O) groups is 1. The summed E-state index contributed by atoms with van der Waals surface area (Å²) in [6.45, 7) is 4.94. The van der Waals surface area contributed by atoms with E-state index in [1.54, 1.807) is 12.1 Å². The van der Waals surface area contributed by atoms with E-state index in [0.717, 1.165) is 30.4 Å². The highest BCUT2D eigenvalue weighted by Crippen LogP contribution is 2.33. The van der Waals surface area contributed by atoms with Gasteiger partial charge in [0.1, 0.15) is 11.0 Å². The van der Waals surface area contributed by atoms with E-state index >= 15 is 0 Å². The maximum absolute atomic E-state index is 13.2. The summed E-state index contributed by atoms with van der Waals surface area (Å²) in [7, 11) is 0. The molecule has 2 fully saturated rings. The van der Waals surface area contributed by atoms with E-state index in [1.807, 2.05) is 58.3 Å². The minimum absolute atomic E-state index is 0.00832. The number of hydrogen-bond donors (Lipinski definition) is 0. The van der Waals surface area contributed by atoms with Crippen molar-refractivity contribution in [3.63, 3.8) is 0 Å². The van der Waals surface area contributed by atoms with Crippen molar-refractivity contribution in [3.05, 3.63) is 106 Å². The fourth-order valence-electron chi connectivity index (χ4n) is 5.62. The molecule has 2 aliphatic rings. The third-order valence-corrected chi connectivity index (χ3v) is 9.56. The molecule has 0 radical (unpaired) electrons. The van der Waals surface area contributed by atoms with Gasteiger partial charge in [-0.2, -0.15) is 13.2 Å². The lowest BCUT2D eigenvalue weighted by Gasteiger charge is -2.37. The Bertz CT molecular complexity index is 1680. The first-order valence-corrected chi connectivity index (χ1v) is 16.6. The summed E-state index contributed by atoms with van der Waals surface area (Å²) < 4.78 is 39.5. The van der Waals surface area contributed by atoms with Gasteiger partial charge in [-0.25, -0.2) is 9.97 Å². The average molecular weight is 688 g/mol. The van der Waals surface area contributed by atoms with Gasteiger partial charge >= 0.3 is 6.18 Å². The molecule has 2 saturated heterocycles. The highest BCUT2D eigenvalue weighted by molar-refractivity contribution is 7.98. The molecule has 0 aliphatic carbocycles. The molecule has 1 aromatic heterocycles. The van der Waals surface area contributed by atoms with Crippen LogP contribution in [0.3, 0.4) is 0 Å². The molecule has 240 valence electrons. The molecule has 4 aromatic rings. The Morgan fingerprint density at radius 3 is 2.13 bits per heavy atom. The normalized spacial score (nSPS) is 15.8. The predicted molar refractivity (Wildman–Crippen MR) is 178 cm³/mol. The summed E-state index contributed by atoms with van der Waals surface area (Å²) in [6.07, 6.45) is -4.38. The number of amides is 1. The summed E-state index contributed by atoms with van der Waals surface area (Å²) >= 11 is 14.2. The average Bonchev–Trinajstić information content (AvgIpc) is 3.07. The Hall–Kier alpha value is -3.67. The molecule has 6 rings (SSSR count). The summed E-state index contributed by atoms with van der Waals surface area (Å²) in [5, 5.41) is 1.56. The number of carbonyl (C=O) groups excluding carboxylic acids is 1. The number of halogens is 5. The van der Waals surface area contributed by atoms with Crippen molar-refractivity contribution >= 4 is 58.1 Å². The van der Waals surface area contributed by atoms with E-state index < -0.39 is 11.7 Å². The molecule has 13 heteroatoms. The van der Waals surface area contributed by atoms with Crippen molar-refractivity contribution in [2.24, 2.45) is 0 Å². The van der Waals surface area contributed by atoms with Crippen molar-refractivity contribution in [2.45, 2.75) is 17.1 Å². The summed E-state index contributed by atoms with van der Waals surface area (Å²) in [5.74, 6) is 1.28. The number of rotatable bonds is 7. The van der Waals surface area contributed by atoms with Crippen LogP contribution in [0.4, 0.5) is 30.4 Å². The van der Waals surface area contributed by atoms with Crippen molar-refractivity contribution in [2.75, 3.05) is 67.1 Å². The Labute approximate surface area is 279 Å². The monoisotopic (exact) mass is 686 g/mol. The molecule has 3 heterocycles. The van der Waals surface area contributed by atoms with Gasteiger partial charge < -0.3 is 19.6 Å². The SMILES string of the molecule is O=C(c1ccc(CSc2nc(Cl)cc(N3CCN(c4cccc(C(F)(F)F)c4)CC3)n2)cc1)N1CCN(c2ccccc2Cl)CC1. The van der Waals surface area contributed by atoms with Gasteiger partial charge in [0.2, 0.25) is 0 Å². The summed E-state index contributed by atoms with van der Waals surface area (Å²) in [5.41, 5.74) is 2.55. The molecule has 0 bridgehead atoms. The van der Waals surface area contributed by atoms with Gasteiger partial charge in [0.15, 0.2) is 5.16 Å². The number of alkyl halides is 3. The quantitative estimate of drug-likeness (QED) is 0.114. The Morgan fingerprint density at radius 1 is 0.761 bits per heavy atom. The molecule has 2 aliphatic heterocycles. The third kappa shape index (κ3) is 7.65. The number of piperazine rings is 2. The first-order chi connectivity index (χ1) is 22.1. The van der Waals surface area contributed by atoms with Crippen LogP contribution >= 0.6 is 35.0 Å². The molecule has 3 aromatic carbocycles.